The van der Waals surface area contributed by atoms with Crippen LogP contribution in [0.1, 0.15) is 12.8 Å². The zero-order chi connectivity index (χ0) is 13.5. The second-order valence-electron chi connectivity index (χ2n) is 3.71. The van der Waals surface area contributed by atoms with Crippen LogP contribution in [0.3, 0.4) is 0 Å². The molecule has 0 aliphatic rings. The van der Waals surface area contributed by atoms with Crippen LogP contribution in [-0.4, -0.2) is 29.5 Å². The van der Waals surface area contributed by atoms with Crippen LogP contribution in [0.25, 0.3) is 0 Å². The monoisotopic (exact) mass is 253 g/mol. The van der Waals surface area contributed by atoms with Crippen molar-refractivity contribution in [2.45, 2.75) is 12.8 Å². The fourth-order valence-electron chi connectivity index (χ4n) is 1.38. The van der Waals surface area contributed by atoms with Gasteiger partial charge in [0.2, 0.25) is 5.91 Å². The maximum atomic E-state index is 11.5. The quantitative estimate of drug-likeness (QED) is 0.306. The minimum Gasteiger partial charge on any atom is -0.506 e. The Hall–Kier alpha value is -2.15. The normalized spacial score (nSPS) is 10.1. The number of hydrogen-bond acceptors (Lipinski definition) is 5. The number of nitrogens with zero attached hydrogens (tertiary/aromatic N) is 1. The molecule has 18 heavy (non-hydrogen) atoms. The number of hydrogen-bond donors (Lipinski definition) is 3. The van der Waals surface area contributed by atoms with Gasteiger partial charge in [-0.15, -0.1) is 0 Å². The SMILES string of the molecule is CNCCCC(=O)Nc1cc([N+](=O)[O-])ccc1O. The van der Waals surface area contributed by atoms with Crippen molar-refractivity contribution in [2.75, 3.05) is 18.9 Å². The maximum absolute atomic E-state index is 11.5. The molecule has 0 spiro atoms. The number of nitro benzene ring substituents is 1. The van der Waals surface area contributed by atoms with Gasteiger partial charge in [-0.05, 0) is 26.1 Å². The van der Waals surface area contributed by atoms with E-state index in [2.05, 4.69) is 10.6 Å². The van der Waals surface area contributed by atoms with E-state index in [1.54, 1.807) is 7.05 Å². The van der Waals surface area contributed by atoms with Gasteiger partial charge in [0.25, 0.3) is 5.69 Å². The number of nitro groups is 1. The molecule has 1 aromatic rings. The number of benzene rings is 1. The van der Waals surface area contributed by atoms with Gasteiger partial charge < -0.3 is 15.7 Å². The number of non-ortho nitro benzene ring substituents is 1. The predicted octanol–water partition coefficient (Wildman–Crippen LogP) is 1.24. The highest BCUT2D eigenvalue weighted by Crippen LogP contribution is 2.27. The fourth-order valence-corrected chi connectivity index (χ4v) is 1.38. The summed E-state index contributed by atoms with van der Waals surface area (Å²) in [7, 11) is 1.78. The molecule has 7 nitrogen and oxygen atoms in total. The zero-order valence-corrected chi connectivity index (χ0v) is 9.97. The van der Waals surface area contributed by atoms with Gasteiger partial charge in [-0.2, -0.15) is 0 Å². The van der Waals surface area contributed by atoms with Gasteiger partial charge >= 0.3 is 0 Å². The summed E-state index contributed by atoms with van der Waals surface area (Å²) in [6, 6.07) is 3.48. The molecule has 7 heteroatoms. The molecule has 0 atom stereocenters. The number of phenols is 1. The van der Waals surface area contributed by atoms with Gasteiger partial charge in [-0.25, -0.2) is 0 Å². The summed E-state index contributed by atoms with van der Waals surface area (Å²) in [4.78, 5) is 21.5. The van der Waals surface area contributed by atoms with Gasteiger partial charge in [0.05, 0.1) is 10.6 Å². The van der Waals surface area contributed by atoms with Crippen LogP contribution >= 0.6 is 0 Å². The molecule has 0 radical (unpaired) electrons. The van der Waals surface area contributed by atoms with E-state index in [1.807, 2.05) is 0 Å². The van der Waals surface area contributed by atoms with Crippen molar-refractivity contribution in [2.24, 2.45) is 0 Å². The van der Waals surface area contributed by atoms with Gasteiger partial charge in [-0.1, -0.05) is 0 Å². The first kappa shape index (κ1) is 13.9. The third-order valence-corrected chi connectivity index (χ3v) is 2.30. The van der Waals surface area contributed by atoms with E-state index in [0.717, 1.165) is 6.07 Å². The predicted molar refractivity (Wildman–Crippen MR) is 66.6 cm³/mol. The lowest BCUT2D eigenvalue weighted by atomic mass is 10.2. The lowest BCUT2D eigenvalue weighted by Gasteiger charge is -2.07. The Kier molecular flexibility index (Phi) is 5.06. The molecule has 0 aromatic heterocycles. The Bertz CT molecular complexity index is 448. The van der Waals surface area contributed by atoms with Crippen LogP contribution in [0.4, 0.5) is 11.4 Å². The summed E-state index contributed by atoms with van der Waals surface area (Å²) < 4.78 is 0. The first-order valence-electron chi connectivity index (χ1n) is 5.46. The Morgan fingerprint density at radius 2 is 2.22 bits per heavy atom. The topological polar surface area (TPSA) is 104 Å². The highest BCUT2D eigenvalue weighted by molar-refractivity contribution is 5.92. The highest BCUT2D eigenvalue weighted by atomic mass is 16.6. The molecular weight excluding hydrogens is 238 g/mol. The zero-order valence-electron chi connectivity index (χ0n) is 9.97. The number of anilines is 1. The van der Waals surface area contributed by atoms with E-state index in [4.69, 9.17) is 0 Å². The van der Waals surface area contributed by atoms with Crippen LogP contribution in [0.2, 0.25) is 0 Å². The van der Waals surface area contributed by atoms with Crippen LogP contribution in [-0.2, 0) is 4.79 Å². The Labute approximate surface area is 104 Å². The highest BCUT2D eigenvalue weighted by Gasteiger charge is 2.12. The first-order valence-corrected chi connectivity index (χ1v) is 5.46. The summed E-state index contributed by atoms with van der Waals surface area (Å²) in [6.07, 6.45) is 0.932. The van der Waals surface area contributed by atoms with E-state index >= 15 is 0 Å². The van der Waals surface area contributed by atoms with Crippen LogP contribution < -0.4 is 10.6 Å². The summed E-state index contributed by atoms with van der Waals surface area (Å²) in [5.41, 5.74) is -0.128. The smallest absolute Gasteiger partial charge is 0.271 e. The van der Waals surface area contributed by atoms with Gasteiger partial charge in [-0.3, -0.25) is 14.9 Å². The van der Waals surface area contributed by atoms with E-state index in [9.17, 15) is 20.0 Å². The summed E-state index contributed by atoms with van der Waals surface area (Å²) >= 11 is 0. The molecule has 3 N–H and O–H groups in total. The second-order valence-corrected chi connectivity index (χ2v) is 3.71. The van der Waals surface area contributed by atoms with Gasteiger partial charge in [0.1, 0.15) is 5.75 Å². The molecular formula is C11H15N3O4. The minimum absolute atomic E-state index is 0.0543. The van der Waals surface area contributed by atoms with Gasteiger partial charge in [0, 0.05) is 18.6 Å². The number of aromatic hydroxyl groups is 1. The Morgan fingerprint density at radius 3 is 2.83 bits per heavy atom. The van der Waals surface area contributed by atoms with E-state index < -0.39 is 4.92 Å². The third kappa shape index (κ3) is 4.02. The van der Waals surface area contributed by atoms with E-state index in [-0.39, 0.29) is 29.5 Å². The first-order chi connectivity index (χ1) is 8.54. The van der Waals surface area contributed by atoms with Crippen molar-refractivity contribution in [3.05, 3.63) is 28.3 Å². The van der Waals surface area contributed by atoms with E-state index in [0.29, 0.717) is 13.0 Å². The summed E-state index contributed by atoms with van der Waals surface area (Å²) in [6.45, 7) is 0.703. The molecule has 0 heterocycles. The second kappa shape index (κ2) is 6.55. The number of carbonyl (C=O) groups is 1. The minimum atomic E-state index is -0.587. The number of phenolic OH excluding ortho intramolecular Hbond substituents is 1. The van der Waals surface area contributed by atoms with Crippen molar-refractivity contribution >= 4 is 17.3 Å². The molecule has 0 saturated heterocycles. The van der Waals surface area contributed by atoms with Crippen molar-refractivity contribution in [1.82, 2.24) is 5.32 Å². The van der Waals surface area contributed by atoms with Crippen LogP contribution in [0.15, 0.2) is 18.2 Å². The molecule has 1 amide bonds. The van der Waals surface area contributed by atoms with E-state index in [1.165, 1.54) is 12.1 Å². The lowest BCUT2D eigenvalue weighted by Crippen LogP contribution is -2.15. The molecule has 0 aliphatic heterocycles. The van der Waals surface area contributed by atoms with Crippen LogP contribution in [0, 0.1) is 10.1 Å². The Balaban J connectivity index is 2.68. The molecule has 0 aliphatic carbocycles. The average molecular weight is 253 g/mol. The Morgan fingerprint density at radius 1 is 1.50 bits per heavy atom. The molecule has 1 aromatic carbocycles. The largest absolute Gasteiger partial charge is 0.506 e. The number of carbonyl (C=O) groups excluding carboxylic acids is 1. The van der Waals surface area contributed by atoms with Crippen molar-refractivity contribution < 1.29 is 14.8 Å². The van der Waals surface area contributed by atoms with Crippen LogP contribution in [0.5, 0.6) is 5.75 Å². The molecule has 1 rings (SSSR count). The third-order valence-electron chi connectivity index (χ3n) is 2.30. The molecule has 0 unspecified atom stereocenters. The lowest BCUT2D eigenvalue weighted by molar-refractivity contribution is -0.384. The molecule has 98 valence electrons. The molecule has 0 saturated carbocycles. The number of rotatable bonds is 6. The standard InChI is InChI=1S/C11H15N3O4/c1-12-6-2-3-11(16)13-9-7-8(14(17)18)4-5-10(9)15/h4-5,7,12,15H,2-3,6H2,1H3,(H,13,16). The summed E-state index contributed by atoms with van der Waals surface area (Å²) in [5.74, 6) is -0.483. The van der Waals surface area contributed by atoms with Crippen molar-refractivity contribution in [3.63, 3.8) is 0 Å². The van der Waals surface area contributed by atoms with Crippen molar-refractivity contribution in [1.29, 1.82) is 0 Å². The average Bonchev–Trinajstić information content (AvgIpc) is 2.32. The number of amides is 1. The van der Waals surface area contributed by atoms with Crippen molar-refractivity contribution in [3.8, 4) is 5.75 Å². The molecule has 0 bridgehead atoms. The number of nitrogens with one attached hydrogen (secondary N) is 2. The maximum Gasteiger partial charge on any atom is 0.271 e. The van der Waals surface area contributed by atoms with Gasteiger partial charge in [0.15, 0.2) is 0 Å². The fraction of sp³-hybridized carbons (Fsp3) is 0.364. The summed E-state index contributed by atoms with van der Waals surface area (Å²) in [5, 5.41) is 25.4. The molecule has 0 fully saturated rings.